The van der Waals surface area contributed by atoms with Gasteiger partial charge in [0.1, 0.15) is 5.75 Å². The van der Waals surface area contributed by atoms with E-state index >= 15 is 0 Å². The van der Waals surface area contributed by atoms with Crippen molar-refractivity contribution in [3.8, 4) is 0 Å². The van der Waals surface area contributed by atoms with Crippen LogP contribution in [0.5, 0.6) is 0 Å². The SMILES string of the molecule is O=S(=O)(O)CC(O)S(=O)(=O)O.[H-].[H-].[H-].[H-].[Na+].[Na+].[Na+].[Na+]. The van der Waals surface area contributed by atoms with Crippen molar-refractivity contribution in [1.29, 1.82) is 0 Å². The molecule has 15 heavy (non-hydrogen) atoms. The summed E-state index contributed by atoms with van der Waals surface area (Å²) in [5.41, 5.74) is -2.50. The molecule has 7 nitrogen and oxygen atoms in total. The van der Waals surface area contributed by atoms with Crippen LogP contribution in [-0.4, -0.2) is 42.2 Å². The molecule has 0 aliphatic heterocycles. The quantitative estimate of drug-likeness (QED) is 0.349. The van der Waals surface area contributed by atoms with Gasteiger partial charge in [-0.15, -0.1) is 0 Å². The molecule has 0 spiro atoms. The summed E-state index contributed by atoms with van der Waals surface area (Å²) in [6.07, 6.45) is 0. The van der Waals surface area contributed by atoms with Crippen molar-refractivity contribution < 1.29 is 155 Å². The number of aliphatic hydroxyl groups excluding tert-OH is 1. The van der Waals surface area contributed by atoms with E-state index in [0.717, 1.165) is 0 Å². The fourth-order valence-electron chi connectivity index (χ4n) is 0.266. The van der Waals surface area contributed by atoms with Crippen LogP contribution in [0.15, 0.2) is 0 Å². The Morgan fingerprint density at radius 1 is 0.933 bits per heavy atom. The second-order valence-corrected chi connectivity index (χ2v) is 4.79. The van der Waals surface area contributed by atoms with Crippen molar-refractivity contribution in [3.05, 3.63) is 0 Å². The van der Waals surface area contributed by atoms with E-state index in [4.69, 9.17) is 14.2 Å². The van der Waals surface area contributed by atoms with Crippen LogP contribution < -0.4 is 118 Å². The monoisotopic (exact) mass is 302 g/mol. The molecule has 0 heterocycles. The standard InChI is InChI=1S/C2H6O7S2.4Na.4H/c3-2(11(7,8)9)1-10(4,5)6;;;;;;;;/h2-3H,1H2,(H,4,5,6)(H,7,8,9);;;;;;;;/q;4*+1;4*-1. The molecule has 0 bridgehead atoms. The smallest absolute Gasteiger partial charge is 1.00 e. The van der Waals surface area contributed by atoms with Gasteiger partial charge in [0.05, 0.1) is 0 Å². The summed E-state index contributed by atoms with van der Waals surface area (Å²) >= 11 is 0. The molecule has 0 aromatic carbocycles. The second kappa shape index (κ2) is 12.8. The minimum Gasteiger partial charge on any atom is -1.00 e. The van der Waals surface area contributed by atoms with Crippen LogP contribution in [0.1, 0.15) is 5.71 Å². The van der Waals surface area contributed by atoms with Gasteiger partial charge in [-0.3, -0.25) is 9.11 Å². The Balaban J connectivity index is -0.0000000179. The summed E-state index contributed by atoms with van der Waals surface area (Å²) in [5, 5.41) is 8.34. The van der Waals surface area contributed by atoms with E-state index in [-0.39, 0.29) is 124 Å². The molecule has 0 fully saturated rings. The van der Waals surface area contributed by atoms with Crippen LogP contribution in [0.3, 0.4) is 0 Å². The fraction of sp³-hybridized carbons (Fsp3) is 1.00. The van der Waals surface area contributed by atoms with Crippen LogP contribution in [0.25, 0.3) is 0 Å². The van der Waals surface area contributed by atoms with Gasteiger partial charge in [-0.25, -0.2) is 0 Å². The number of hydrogen-bond acceptors (Lipinski definition) is 5. The number of aliphatic hydroxyl groups is 1. The Kier molecular flexibility index (Phi) is 26.7. The van der Waals surface area contributed by atoms with Gasteiger partial charge in [0.2, 0.25) is 0 Å². The van der Waals surface area contributed by atoms with Crippen LogP contribution in [-0.2, 0) is 20.2 Å². The van der Waals surface area contributed by atoms with Crippen LogP contribution in [0.2, 0.25) is 0 Å². The molecular formula is C2H10Na4O7S2. The van der Waals surface area contributed by atoms with Crippen LogP contribution in [0, 0.1) is 0 Å². The topological polar surface area (TPSA) is 129 Å². The maximum Gasteiger partial charge on any atom is 1.00 e. The fourth-order valence-corrected chi connectivity index (χ4v) is 1.83. The maximum absolute atomic E-state index is 9.94. The molecule has 0 saturated heterocycles. The molecule has 0 rings (SSSR count). The Bertz CT molecular complexity index is 335. The van der Waals surface area contributed by atoms with E-state index in [1.807, 2.05) is 0 Å². The van der Waals surface area contributed by atoms with Gasteiger partial charge in [0.15, 0.2) is 5.44 Å². The van der Waals surface area contributed by atoms with E-state index in [9.17, 15) is 16.8 Å². The summed E-state index contributed by atoms with van der Waals surface area (Å²) < 4.78 is 55.7. The molecule has 1 unspecified atom stereocenters. The zero-order valence-electron chi connectivity index (χ0n) is 13.1. The number of rotatable bonds is 3. The third-order valence-corrected chi connectivity index (χ3v) is 2.50. The van der Waals surface area contributed by atoms with Gasteiger partial charge < -0.3 is 10.8 Å². The van der Waals surface area contributed by atoms with E-state index in [0.29, 0.717) is 0 Å². The van der Waals surface area contributed by atoms with Gasteiger partial charge in [0.25, 0.3) is 20.2 Å². The van der Waals surface area contributed by atoms with Crippen molar-refractivity contribution in [1.82, 2.24) is 0 Å². The van der Waals surface area contributed by atoms with Crippen molar-refractivity contribution in [2.75, 3.05) is 5.75 Å². The van der Waals surface area contributed by atoms with Crippen molar-refractivity contribution >= 4 is 20.2 Å². The summed E-state index contributed by atoms with van der Waals surface area (Å²) in [4.78, 5) is 0. The first-order valence-corrected chi connectivity index (χ1v) is 5.34. The summed E-state index contributed by atoms with van der Waals surface area (Å²) in [5.74, 6) is -1.44. The zero-order valence-corrected chi connectivity index (χ0v) is 18.7. The van der Waals surface area contributed by atoms with Crippen molar-refractivity contribution in [2.45, 2.75) is 5.44 Å². The van der Waals surface area contributed by atoms with Crippen LogP contribution in [0.4, 0.5) is 0 Å². The summed E-state index contributed by atoms with van der Waals surface area (Å²) in [6.45, 7) is 0. The van der Waals surface area contributed by atoms with Gasteiger partial charge in [-0.2, -0.15) is 16.8 Å². The summed E-state index contributed by atoms with van der Waals surface area (Å²) in [7, 11) is -9.42. The predicted octanol–water partition coefficient (Wildman–Crippen LogP) is -13.5. The molecule has 0 aromatic rings. The molecule has 3 N–H and O–H groups in total. The van der Waals surface area contributed by atoms with Crippen molar-refractivity contribution in [3.63, 3.8) is 0 Å². The summed E-state index contributed by atoms with van der Waals surface area (Å²) in [6, 6.07) is 0. The minimum atomic E-state index is -4.82. The Labute approximate surface area is 183 Å². The van der Waals surface area contributed by atoms with Crippen molar-refractivity contribution in [2.24, 2.45) is 0 Å². The Hall–Kier alpha value is 3.78. The average Bonchev–Trinajstić information content (AvgIpc) is 1.56. The average molecular weight is 302 g/mol. The van der Waals surface area contributed by atoms with E-state index in [1.54, 1.807) is 0 Å². The molecule has 1 atom stereocenters. The predicted molar refractivity (Wildman–Crippen MR) is 38.4 cm³/mol. The first kappa shape index (κ1) is 31.3. The third-order valence-electron chi connectivity index (χ3n) is 0.697. The zero-order chi connectivity index (χ0) is 9.28. The third kappa shape index (κ3) is 20.3. The molecule has 0 radical (unpaired) electrons. The molecular weight excluding hydrogens is 292 g/mol. The molecule has 0 aliphatic rings. The van der Waals surface area contributed by atoms with Crippen LogP contribution >= 0.6 is 0 Å². The Morgan fingerprint density at radius 2 is 1.20 bits per heavy atom. The maximum atomic E-state index is 9.94. The van der Waals surface area contributed by atoms with Gasteiger partial charge in [-0.05, 0) is 0 Å². The molecule has 0 amide bonds. The van der Waals surface area contributed by atoms with Gasteiger partial charge in [0, 0.05) is 0 Å². The second-order valence-electron chi connectivity index (χ2n) is 1.72. The number of hydrogen-bond donors (Lipinski definition) is 3. The molecule has 0 aromatic heterocycles. The van der Waals surface area contributed by atoms with Gasteiger partial charge in [-0.1, -0.05) is 0 Å². The van der Waals surface area contributed by atoms with E-state index in [1.165, 1.54) is 0 Å². The molecule has 0 saturated carbocycles. The van der Waals surface area contributed by atoms with E-state index in [2.05, 4.69) is 0 Å². The molecule has 13 heteroatoms. The van der Waals surface area contributed by atoms with Gasteiger partial charge >= 0.3 is 118 Å². The first-order chi connectivity index (χ1) is 4.63. The normalized spacial score (nSPS) is 11.9. The largest absolute Gasteiger partial charge is 1.00 e. The first-order valence-electron chi connectivity index (χ1n) is 2.22. The molecule has 76 valence electrons. The molecule has 0 aliphatic carbocycles. The Morgan fingerprint density at radius 3 is 1.27 bits per heavy atom. The van der Waals surface area contributed by atoms with E-state index < -0.39 is 31.4 Å². The minimum absolute atomic E-state index is 0.